The van der Waals surface area contributed by atoms with E-state index in [-0.39, 0.29) is 6.04 Å². The lowest BCUT2D eigenvalue weighted by Crippen LogP contribution is -2.30. The van der Waals surface area contributed by atoms with Gasteiger partial charge in [0.2, 0.25) is 10.0 Å². The molecule has 0 aliphatic carbocycles. The first kappa shape index (κ1) is 13.3. The first-order valence-corrected chi connectivity index (χ1v) is 8.25. The molecule has 0 saturated carbocycles. The Morgan fingerprint density at radius 2 is 1.50 bits per heavy atom. The first-order valence-electron chi connectivity index (χ1n) is 6.81. The summed E-state index contributed by atoms with van der Waals surface area (Å²) in [6.45, 7) is 0.594. The quantitative estimate of drug-likeness (QED) is 0.869. The zero-order valence-electron chi connectivity index (χ0n) is 11.1. The monoisotopic (exact) mass is 287 g/mol. The molecule has 20 heavy (non-hydrogen) atoms. The van der Waals surface area contributed by atoms with E-state index in [1.165, 1.54) is 0 Å². The predicted molar refractivity (Wildman–Crippen MR) is 78.8 cm³/mol. The Labute approximate surface area is 119 Å². The highest BCUT2D eigenvalue weighted by Crippen LogP contribution is 2.36. The van der Waals surface area contributed by atoms with Crippen LogP contribution in [0.3, 0.4) is 0 Å². The second kappa shape index (κ2) is 5.38. The third-order valence-corrected chi connectivity index (χ3v) is 5.66. The number of hydrogen-bond donors (Lipinski definition) is 0. The largest absolute Gasteiger partial charge is 0.243 e. The topological polar surface area (TPSA) is 37.4 Å². The van der Waals surface area contributed by atoms with Crippen molar-refractivity contribution in [3.8, 4) is 0 Å². The van der Waals surface area contributed by atoms with Crippen LogP contribution in [0.5, 0.6) is 0 Å². The van der Waals surface area contributed by atoms with Crippen molar-refractivity contribution in [1.82, 2.24) is 4.31 Å². The van der Waals surface area contributed by atoms with E-state index >= 15 is 0 Å². The fraction of sp³-hybridized carbons (Fsp3) is 0.250. The molecule has 4 heteroatoms. The van der Waals surface area contributed by atoms with Crippen LogP contribution in [0.25, 0.3) is 0 Å². The molecule has 0 radical (unpaired) electrons. The molecule has 0 N–H and O–H groups in total. The van der Waals surface area contributed by atoms with Gasteiger partial charge < -0.3 is 0 Å². The molecule has 3 rings (SSSR count). The second-order valence-electron chi connectivity index (χ2n) is 5.00. The van der Waals surface area contributed by atoms with E-state index in [0.717, 1.165) is 18.4 Å². The minimum Gasteiger partial charge on any atom is -0.207 e. The van der Waals surface area contributed by atoms with Crippen LogP contribution < -0.4 is 0 Å². The lowest BCUT2D eigenvalue weighted by Gasteiger charge is -2.24. The van der Waals surface area contributed by atoms with Gasteiger partial charge in [0, 0.05) is 6.54 Å². The molecule has 104 valence electrons. The van der Waals surface area contributed by atoms with Crippen LogP contribution in [-0.2, 0) is 10.0 Å². The molecule has 1 aliphatic rings. The number of nitrogens with zero attached hydrogens (tertiary/aromatic N) is 1. The lowest BCUT2D eigenvalue weighted by molar-refractivity contribution is 0.396. The Hall–Kier alpha value is -1.65. The van der Waals surface area contributed by atoms with Gasteiger partial charge in [0.15, 0.2) is 0 Å². The molecular formula is C16H17NO2S. The van der Waals surface area contributed by atoms with Crippen molar-refractivity contribution in [2.75, 3.05) is 6.54 Å². The maximum absolute atomic E-state index is 12.7. The van der Waals surface area contributed by atoms with E-state index < -0.39 is 10.0 Å². The number of benzene rings is 2. The number of hydrogen-bond acceptors (Lipinski definition) is 2. The average Bonchev–Trinajstić information content (AvgIpc) is 2.99. The summed E-state index contributed by atoms with van der Waals surface area (Å²) < 4.78 is 27.1. The fourth-order valence-electron chi connectivity index (χ4n) is 2.76. The SMILES string of the molecule is O=S(=O)(c1ccccc1)N1CCC[C@H]1c1ccccc1. The maximum atomic E-state index is 12.7. The molecule has 1 heterocycles. The van der Waals surface area contributed by atoms with Crippen molar-refractivity contribution in [2.24, 2.45) is 0 Å². The van der Waals surface area contributed by atoms with Crippen LogP contribution in [0.4, 0.5) is 0 Å². The highest BCUT2D eigenvalue weighted by molar-refractivity contribution is 7.89. The Kier molecular flexibility index (Phi) is 3.59. The summed E-state index contributed by atoms with van der Waals surface area (Å²) in [5.74, 6) is 0. The normalized spacial score (nSPS) is 20.1. The lowest BCUT2D eigenvalue weighted by atomic mass is 10.1. The summed E-state index contributed by atoms with van der Waals surface area (Å²) in [4.78, 5) is 0.378. The summed E-state index contributed by atoms with van der Waals surface area (Å²) in [5, 5.41) is 0. The summed E-state index contributed by atoms with van der Waals surface area (Å²) in [6.07, 6.45) is 1.79. The van der Waals surface area contributed by atoms with E-state index in [1.807, 2.05) is 36.4 Å². The second-order valence-corrected chi connectivity index (χ2v) is 6.89. The first-order chi connectivity index (χ1) is 9.69. The fourth-order valence-corrected chi connectivity index (χ4v) is 4.47. The Morgan fingerprint density at radius 3 is 2.15 bits per heavy atom. The van der Waals surface area contributed by atoms with Gasteiger partial charge in [-0.05, 0) is 30.5 Å². The van der Waals surface area contributed by atoms with Crippen molar-refractivity contribution < 1.29 is 8.42 Å². The van der Waals surface area contributed by atoms with Gasteiger partial charge in [-0.1, -0.05) is 48.5 Å². The number of sulfonamides is 1. The van der Waals surface area contributed by atoms with Gasteiger partial charge in [0.25, 0.3) is 0 Å². The highest BCUT2D eigenvalue weighted by atomic mass is 32.2. The third-order valence-electron chi connectivity index (χ3n) is 3.74. The summed E-state index contributed by atoms with van der Waals surface area (Å²) in [5.41, 5.74) is 1.07. The Balaban J connectivity index is 1.97. The molecule has 2 aromatic carbocycles. The molecule has 0 spiro atoms. The predicted octanol–water partition coefficient (Wildman–Crippen LogP) is 3.21. The van der Waals surface area contributed by atoms with Gasteiger partial charge in [0.05, 0.1) is 10.9 Å². The van der Waals surface area contributed by atoms with Gasteiger partial charge >= 0.3 is 0 Å². The molecule has 2 aromatic rings. The zero-order chi connectivity index (χ0) is 14.0. The van der Waals surface area contributed by atoms with Gasteiger partial charge in [-0.25, -0.2) is 8.42 Å². The Morgan fingerprint density at radius 1 is 0.900 bits per heavy atom. The summed E-state index contributed by atoms with van der Waals surface area (Å²) >= 11 is 0. The molecule has 3 nitrogen and oxygen atoms in total. The standard InChI is InChI=1S/C16H17NO2S/c18-20(19,15-10-5-2-6-11-15)17-13-7-12-16(17)14-8-3-1-4-9-14/h1-6,8-11,16H,7,12-13H2/t16-/m0/s1. The van der Waals surface area contributed by atoms with Gasteiger partial charge in [-0.15, -0.1) is 0 Å². The molecule has 1 saturated heterocycles. The summed E-state index contributed by atoms with van der Waals surface area (Å²) in [6, 6.07) is 18.5. The smallest absolute Gasteiger partial charge is 0.207 e. The highest BCUT2D eigenvalue weighted by Gasteiger charge is 2.35. The van der Waals surface area contributed by atoms with Crippen LogP contribution in [0, 0.1) is 0 Å². The molecule has 0 unspecified atom stereocenters. The molecule has 1 fully saturated rings. The van der Waals surface area contributed by atoms with Crippen molar-refractivity contribution in [3.63, 3.8) is 0 Å². The van der Waals surface area contributed by atoms with Crippen molar-refractivity contribution in [3.05, 3.63) is 66.2 Å². The molecular weight excluding hydrogens is 270 g/mol. The van der Waals surface area contributed by atoms with Crippen molar-refractivity contribution in [1.29, 1.82) is 0 Å². The van der Waals surface area contributed by atoms with E-state index in [4.69, 9.17) is 0 Å². The molecule has 0 amide bonds. The minimum atomic E-state index is -3.40. The zero-order valence-corrected chi connectivity index (χ0v) is 12.0. The van der Waals surface area contributed by atoms with Crippen molar-refractivity contribution >= 4 is 10.0 Å². The van der Waals surface area contributed by atoms with Crippen molar-refractivity contribution in [2.45, 2.75) is 23.8 Å². The van der Waals surface area contributed by atoms with Gasteiger partial charge in [-0.3, -0.25) is 0 Å². The van der Waals surface area contributed by atoms with E-state index in [0.29, 0.717) is 11.4 Å². The molecule has 1 aliphatic heterocycles. The number of rotatable bonds is 3. The Bertz CT molecular complexity index is 668. The van der Waals surface area contributed by atoms with Crippen LogP contribution in [-0.4, -0.2) is 19.3 Å². The van der Waals surface area contributed by atoms with Crippen LogP contribution >= 0.6 is 0 Å². The van der Waals surface area contributed by atoms with E-state index in [1.54, 1.807) is 28.6 Å². The minimum absolute atomic E-state index is 0.0404. The van der Waals surface area contributed by atoms with Gasteiger partial charge in [0.1, 0.15) is 0 Å². The third kappa shape index (κ3) is 2.37. The maximum Gasteiger partial charge on any atom is 0.243 e. The van der Waals surface area contributed by atoms with Gasteiger partial charge in [-0.2, -0.15) is 4.31 Å². The molecule has 0 bridgehead atoms. The molecule has 1 atom stereocenters. The molecule has 0 aromatic heterocycles. The average molecular weight is 287 g/mol. The van der Waals surface area contributed by atoms with E-state index in [9.17, 15) is 8.42 Å². The van der Waals surface area contributed by atoms with Crippen LogP contribution in [0.2, 0.25) is 0 Å². The van der Waals surface area contributed by atoms with Crippen LogP contribution in [0.1, 0.15) is 24.4 Å². The van der Waals surface area contributed by atoms with E-state index in [2.05, 4.69) is 0 Å². The summed E-state index contributed by atoms with van der Waals surface area (Å²) in [7, 11) is -3.40. The van der Waals surface area contributed by atoms with Crippen LogP contribution in [0.15, 0.2) is 65.6 Å².